The van der Waals surface area contributed by atoms with Crippen LogP contribution in [0.4, 0.5) is 0 Å². The maximum atomic E-state index is 11.6. The third-order valence-corrected chi connectivity index (χ3v) is 2.79. The Bertz CT molecular complexity index is 392. The van der Waals surface area contributed by atoms with Gasteiger partial charge >= 0.3 is 5.97 Å². The van der Waals surface area contributed by atoms with Gasteiger partial charge in [-0.15, -0.1) is 5.10 Å². The molecule has 0 aromatic carbocycles. The number of ether oxygens (including phenoxy) is 2. The van der Waals surface area contributed by atoms with Gasteiger partial charge < -0.3 is 14.6 Å². The standard InChI is InChI=1S/C12H21N3O4/c1-18-9-6-10-11(12(17)19-2)13-14-15(10)7-4-3-5-8-16/h16H,3-9H2,1-2H3. The third kappa shape index (κ3) is 4.60. The van der Waals surface area contributed by atoms with Crippen LogP contribution >= 0.6 is 0 Å². The van der Waals surface area contributed by atoms with Crippen LogP contribution in [-0.2, 0) is 22.4 Å². The molecule has 0 fully saturated rings. The maximum absolute atomic E-state index is 11.6. The number of esters is 1. The topological polar surface area (TPSA) is 86.5 Å². The van der Waals surface area contributed by atoms with Crippen molar-refractivity contribution in [1.29, 1.82) is 0 Å². The molecule has 1 rings (SSSR count). The Labute approximate surface area is 112 Å². The van der Waals surface area contributed by atoms with E-state index in [1.54, 1.807) is 11.8 Å². The lowest BCUT2D eigenvalue weighted by atomic mass is 10.2. The molecule has 108 valence electrons. The van der Waals surface area contributed by atoms with Gasteiger partial charge in [0.05, 0.1) is 19.4 Å². The molecule has 0 radical (unpaired) electrons. The Hall–Kier alpha value is -1.47. The van der Waals surface area contributed by atoms with Gasteiger partial charge in [0.25, 0.3) is 0 Å². The van der Waals surface area contributed by atoms with Crippen LogP contribution in [0.15, 0.2) is 0 Å². The second kappa shape index (κ2) is 8.60. The van der Waals surface area contributed by atoms with Crippen LogP contribution in [0.5, 0.6) is 0 Å². The number of rotatable bonds is 9. The van der Waals surface area contributed by atoms with Crippen LogP contribution in [0.2, 0.25) is 0 Å². The quantitative estimate of drug-likeness (QED) is 0.517. The van der Waals surface area contributed by atoms with Crippen LogP contribution in [0.3, 0.4) is 0 Å². The van der Waals surface area contributed by atoms with Crippen molar-refractivity contribution in [3.63, 3.8) is 0 Å². The minimum Gasteiger partial charge on any atom is -0.464 e. The zero-order valence-electron chi connectivity index (χ0n) is 11.5. The lowest BCUT2D eigenvalue weighted by Gasteiger charge is -2.07. The Morgan fingerprint density at radius 1 is 1.32 bits per heavy atom. The molecule has 0 aliphatic carbocycles. The molecule has 19 heavy (non-hydrogen) atoms. The van der Waals surface area contributed by atoms with E-state index in [2.05, 4.69) is 15.0 Å². The largest absolute Gasteiger partial charge is 0.464 e. The molecule has 0 spiro atoms. The average Bonchev–Trinajstić information content (AvgIpc) is 2.83. The minimum atomic E-state index is -0.479. The average molecular weight is 271 g/mol. The van der Waals surface area contributed by atoms with Crippen molar-refractivity contribution in [2.24, 2.45) is 0 Å². The minimum absolute atomic E-state index is 0.196. The molecule has 1 aromatic rings. The van der Waals surface area contributed by atoms with E-state index in [0.717, 1.165) is 25.0 Å². The molecular formula is C12H21N3O4. The number of aliphatic hydroxyl groups excluding tert-OH is 1. The van der Waals surface area contributed by atoms with Crippen molar-refractivity contribution in [1.82, 2.24) is 15.0 Å². The predicted octanol–water partition coefficient (Wildman–Crippen LogP) is 0.416. The van der Waals surface area contributed by atoms with E-state index in [-0.39, 0.29) is 12.3 Å². The van der Waals surface area contributed by atoms with Gasteiger partial charge in [0.15, 0.2) is 5.69 Å². The smallest absolute Gasteiger partial charge is 0.360 e. The van der Waals surface area contributed by atoms with Gasteiger partial charge in [-0.3, -0.25) is 0 Å². The van der Waals surface area contributed by atoms with E-state index in [1.165, 1.54) is 7.11 Å². The second-order valence-electron chi connectivity index (χ2n) is 4.13. The molecular weight excluding hydrogens is 250 g/mol. The first-order valence-corrected chi connectivity index (χ1v) is 6.35. The lowest BCUT2D eigenvalue weighted by Crippen LogP contribution is -2.12. The summed E-state index contributed by atoms with van der Waals surface area (Å²) < 4.78 is 11.4. The molecule has 1 aromatic heterocycles. The number of aliphatic hydroxyl groups is 1. The summed E-state index contributed by atoms with van der Waals surface area (Å²) in [5, 5.41) is 16.6. The normalized spacial score (nSPS) is 10.7. The van der Waals surface area contributed by atoms with Gasteiger partial charge in [0, 0.05) is 26.7 Å². The molecule has 1 N–H and O–H groups in total. The van der Waals surface area contributed by atoms with E-state index in [0.29, 0.717) is 19.6 Å². The first-order chi connectivity index (χ1) is 9.24. The van der Waals surface area contributed by atoms with Crippen LogP contribution in [-0.4, -0.2) is 53.5 Å². The monoisotopic (exact) mass is 271 g/mol. The number of aromatic nitrogens is 3. The van der Waals surface area contributed by atoms with Crippen LogP contribution in [0, 0.1) is 0 Å². The predicted molar refractivity (Wildman–Crippen MR) is 67.9 cm³/mol. The van der Waals surface area contributed by atoms with Crippen molar-refractivity contribution < 1.29 is 19.4 Å². The van der Waals surface area contributed by atoms with Crippen LogP contribution in [0.1, 0.15) is 35.4 Å². The van der Waals surface area contributed by atoms with Gasteiger partial charge in [-0.2, -0.15) is 0 Å². The number of aryl methyl sites for hydroxylation is 1. The number of hydrogen-bond donors (Lipinski definition) is 1. The highest BCUT2D eigenvalue weighted by molar-refractivity contribution is 5.88. The molecule has 0 bridgehead atoms. The summed E-state index contributed by atoms with van der Waals surface area (Å²) >= 11 is 0. The number of hydrogen-bond acceptors (Lipinski definition) is 6. The molecule has 7 nitrogen and oxygen atoms in total. The molecule has 7 heteroatoms. The summed E-state index contributed by atoms with van der Waals surface area (Å²) in [6, 6.07) is 0. The zero-order valence-corrected chi connectivity index (χ0v) is 11.5. The van der Waals surface area contributed by atoms with Crippen molar-refractivity contribution in [2.75, 3.05) is 27.4 Å². The van der Waals surface area contributed by atoms with Gasteiger partial charge in [0.1, 0.15) is 0 Å². The fourth-order valence-corrected chi connectivity index (χ4v) is 1.76. The second-order valence-corrected chi connectivity index (χ2v) is 4.13. The maximum Gasteiger partial charge on any atom is 0.360 e. The zero-order chi connectivity index (χ0) is 14.1. The number of carbonyl (C=O) groups excluding carboxylic acids is 1. The molecule has 1 heterocycles. The van der Waals surface area contributed by atoms with E-state index in [4.69, 9.17) is 9.84 Å². The van der Waals surface area contributed by atoms with E-state index in [1.807, 2.05) is 0 Å². The first-order valence-electron chi connectivity index (χ1n) is 6.35. The highest BCUT2D eigenvalue weighted by Gasteiger charge is 2.19. The Morgan fingerprint density at radius 2 is 2.11 bits per heavy atom. The number of nitrogens with zero attached hydrogens (tertiary/aromatic N) is 3. The summed E-state index contributed by atoms with van der Waals surface area (Å²) in [4.78, 5) is 11.6. The number of unbranched alkanes of at least 4 members (excludes halogenated alkanes) is 2. The third-order valence-electron chi connectivity index (χ3n) is 2.79. The Balaban J connectivity index is 2.72. The Kier molecular flexibility index (Phi) is 7.06. The van der Waals surface area contributed by atoms with Gasteiger partial charge in [-0.05, 0) is 19.3 Å². The summed E-state index contributed by atoms with van der Waals surface area (Å²) in [7, 11) is 2.93. The van der Waals surface area contributed by atoms with Crippen molar-refractivity contribution >= 4 is 5.97 Å². The van der Waals surface area contributed by atoms with Crippen LogP contribution in [0.25, 0.3) is 0 Å². The summed E-state index contributed by atoms with van der Waals surface area (Å²) in [5.41, 5.74) is 0.986. The Morgan fingerprint density at radius 3 is 2.74 bits per heavy atom. The van der Waals surface area contributed by atoms with Crippen molar-refractivity contribution in [2.45, 2.75) is 32.2 Å². The van der Waals surface area contributed by atoms with Crippen LogP contribution < -0.4 is 0 Å². The van der Waals surface area contributed by atoms with E-state index < -0.39 is 5.97 Å². The SMILES string of the molecule is COCCc1c(C(=O)OC)nnn1CCCCCO. The fraction of sp³-hybridized carbons (Fsp3) is 0.750. The number of methoxy groups -OCH3 is 2. The molecule has 0 saturated carbocycles. The lowest BCUT2D eigenvalue weighted by molar-refractivity contribution is 0.0592. The molecule has 0 saturated heterocycles. The summed E-state index contributed by atoms with van der Waals surface area (Å²) in [6.07, 6.45) is 3.12. The molecule has 0 unspecified atom stereocenters. The summed E-state index contributed by atoms with van der Waals surface area (Å²) in [6.45, 7) is 1.36. The molecule has 0 aliphatic heterocycles. The highest BCUT2D eigenvalue weighted by Crippen LogP contribution is 2.10. The van der Waals surface area contributed by atoms with E-state index >= 15 is 0 Å². The molecule has 0 aliphatic rings. The van der Waals surface area contributed by atoms with Crippen molar-refractivity contribution in [3.05, 3.63) is 11.4 Å². The highest BCUT2D eigenvalue weighted by atomic mass is 16.5. The number of carbonyl (C=O) groups is 1. The van der Waals surface area contributed by atoms with Gasteiger partial charge in [-0.25, -0.2) is 9.48 Å². The van der Waals surface area contributed by atoms with Gasteiger partial charge in [0.2, 0.25) is 0 Å². The van der Waals surface area contributed by atoms with E-state index in [9.17, 15) is 4.79 Å². The fourth-order valence-electron chi connectivity index (χ4n) is 1.76. The summed E-state index contributed by atoms with van der Waals surface area (Å²) in [5.74, 6) is -0.479. The first kappa shape index (κ1) is 15.6. The molecule has 0 amide bonds. The van der Waals surface area contributed by atoms with Gasteiger partial charge in [-0.1, -0.05) is 5.21 Å². The molecule has 0 atom stereocenters. The van der Waals surface area contributed by atoms with Crippen molar-refractivity contribution in [3.8, 4) is 0 Å².